The number of carbonyl (C=O) groups is 1. The Bertz CT molecular complexity index is 745. The van der Waals surface area contributed by atoms with Gasteiger partial charge in [-0.25, -0.2) is 0 Å². The van der Waals surface area contributed by atoms with Crippen molar-refractivity contribution >= 4 is 22.9 Å². The fraction of sp³-hybridized carbons (Fsp3) is 0.250. The van der Waals surface area contributed by atoms with Crippen LogP contribution in [0, 0.1) is 18.3 Å². The first-order valence-corrected chi connectivity index (χ1v) is 6.34. The molecule has 1 amide bonds. The van der Waals surface area contributed by atoms with Crippen LogP contribution in [0.15, 0.2) is 29.8 Å². The van der Waals surface area contributed by atoms with E-state index in [2.05, 4.69) is 4.57 Å². The first-order valence-electron chi connectivity index (χ1n) is 6.34. The summed E-state index contributed by atoms with van der Waals surface area (Å²) in [6.07, 6.45) is 1.68. The lowest BCUT2D eigenvalue weighted by Gasteiger charge is -2.08. The molecular weight excluding hydrogens is 250 g/mol. The molecule has 0 N–H and O–H groups in total. The molecule has 0 atom stereocenters. The van der Waals surface area contributed by atoms with Crippen LogP contribution in [-0.2, 0) is 11.8 Å². The predicted molar refractivity (Wildman–Crippen MR) is 79.9 cm³/mol. The molecule has 0 saturated heterocycles. The van der Waals surface area contributed by atoms with E-state index in [1.165, 1.54) is 4.90 Å². The second-order valence-corrected chi connectivity index (χ2v) is 4.94. The largest absolute Gasteiger partial charge is 0.347 e. The fourth-order valence-electron chi connectivity index (χ4n) is 2.26. The lowest BCUT2D eigenvalue weighted by molar-refractivity contribution is -0.124. The molecule has 0 fully saturated rings. The summed E-state index contributed by atoms with van der Waals surface area (Å²) in [7, 11) is 5.27. The topological polar surface area (TPSA) is 49.0 Å². The number of hydrogen-bond acceptors (Lipinski definition) is 2. The molecule has 4 nitrogen and oxygen atoms in total. The highest BCUT2D eigenvalue weighted by atomic mass is 16.2. The molecule has 0 aliphatic carbocycles. The Labute approximate surface area is 118 Å². The van der Waals surface area contributed by atoms with Crippen molar-refractivity contribution < 1.29 is 4.79 Å². The zero-order valence-corrected chi connectivity index (χ0v) is 12.1. The van der Waals surface area contributed by atoms with Crippen LogP contribution < -0.4 is 0 Å². The number of hydrogen-bond donors (Lipinski definition) is 0. The van der Waals surface area contributed by atoms with E-state index in [1.807, 2.05) is 44.3 Å². The number of fused-ring (bicyclic) bond motifs is 1. The van der Waals surface area contributed by atoms with Crippen LogP contribution in [0.1, 0.15) is 11.3 Å². The van der Waals surface area contributed by atoms with Crippen molar-refractivity contribution in [2.75, 3.05) is 14.1 Å². The van der Waals surface area contributed by atoms with E-state index < -0.39 is 0 Å². The average Bonchev–Trinajstić information content (AvgIpc) is 2.68. The Hall–Kier alpha value is -2.54. The van der Waals surface area contributed by atoms with Crippen LogP contribution in [0.4, 0.5) is 0 Å². The third-order valence-corrected chi connectivity index (χ3v) is 3.49. The number of likely N-dealkylation sites (N-methyl/N-ethyl adjacent to an activating group) is 1. The number of rotatable bonds is 2. The summed E-state index contributed by atoms with van der Waals surface area (Å²) in [5.41, 5.74) is 3.20. The Morgan fingerprint density at radius 3 is 2.60 bits per heavy atom. The van der Waals surface area contributed by atoms with Gasteiger partial charge in [0.1, 0.15) is 11.6 Å². The van der Waals surface area contributed by atoms with E-state index in [1.54, 1.807) is 20.2 Å². The SMILES string of the molecule is Cc1c(/C=C(\C#N)C(=O)N(C)C)c2ccccc2n1C. The van der Waals surface area contributed by atoms with E-state index >= 15 is 0 Å². The minimum Gasteiger partial charge on any atom is -0.347 e. The lowest BCUT2D eigenvalue weighted by atomic mass is 10.1. The lowest BCUT2D eigenvalue weighted by Crippen LogP contribution is -2.22. The summed E-state index contributed by atoms with van der Waals surface area (Å²) in [6.45, 7) is 1.99. The van der Waals surface area contributed by atoms with Crippen molar-refractivity contribution in [2.45, 2.75) is 6.92 Å². The Balaban J connectivity index is 2.67. The molecule has 1 aromatic carbocycles. The summed E-state index contributed by atoms with van der Waals surface area (Å²) in [5.74, 6) is -0.278. The van der Waals surface area contributed by atoms with Gasteiger partial charge in [0.25, 0.3) is 5.91 Å². The fourth-order valence-corrected chi connectivity index (χ4v) is 2.26. The maximum absolute atomic E-state index is 12.0. The molecular formula is C16H17N3O. The second-order valence-electron chi connectivity index (χ2n) is 4.94. The number of aromatic nitrogens is 1. The van der Waals surface area contributed by atoms with Gasteiger partial charge in [0.05, 0.1) is 0 Å². The highest BCUT2D eigenvalue weighted by Gasteiger charge is 2.15. The van der Waals surface area contributed by atoms with Gasteiger partial charge in [-0.15, -0.1) is 0 Å². The normalized spacial score (nSPS) is 11.4. The van der Waals surface area contributed by atoms with Gasteiger partial charge in [0.2, 0.25) is 0 Å². The third kappa shape index (κ3) is 2.19. The van der Waals surface area contributed by atoms with Crippen molar-refractivity contribution in [2.24, 2.45) is 7.05 Å². The first kappa shape index (κ1) is 13.9. The highest BCUT2D eigenvalue weighted by molar-refractivity contribution is 6.04. The number of carbonyl (C=O) groups excluding carboxylic acids is 1. The highest BCUT2D eigenvalue weighted by Crippen LogP contribution is 2.26. The Kier molecular flexibility index (Phi) is 3.62. The molecule has 2 rings (SSSR count). The van der Waals surface area contributed by atoms with E-state index in [0.29, 0.717) is 0 Å². The van der Waals surface area contributed by atoms with Gasteiger partial charge in [-0.3, -0.25) is 4.79 Å². The summed E-state index contributed by atoms with van der Waals surface area (Å²) in [5, 5.41) is 10.3. The van der Waals surface area contributed by atoms with Crippen LogP contribution in [-0.4, -0.2) is 29.5 Å². The van der Waals surface area contributed by atoms with Crippen LogP contribution in [0.25, 0.3) is 17.0 Å². The summed E-state index contributed by atoms with van der Waals surface area (Å²) >= 11 is 0. The van der Waals surface area contributed by atoms with Crippen molar-refractivity contribution in [3.05, 3.63) is 41.1 Å². The molecule has 0 bridgehead atoms. The van der Waals surface area contributed by atoms with Gasteiger partial charge in [-0.1, -0.05) is 18.2 Å². The molecule has 0 saturated carbocycles. The third-order valence-electron chi connectivity index (χ3n) is 3.49. The molecule has 20 heavy (non-hydrogen) atoms. The van der Waals surface area contributed by atoms with E-state index in [0.717, 1.165) is 22.2 Å². The number of nitriles is 1. The van der Waals surface area contributed by atoms with Crippen molar-refractivity contribution in [1.82, 2.24) is 9.47 Å². The van der Waals surface area contributed by atoms with Crippen LogP contribution in [0.2, 0.25) is 0 Å². The molecule has 4 heteroatoms. The number of nitrogens with zero attached hydrogens (tertiary/aromatic N) is 3. The number of amides is 1. The minimum absolute atomic E-state index is 0.148. The number of para-hydroxylation sites is 1. The van der Waals surface area contributed by atoms with E-state index in [4.69, 9.17) is 0 Å². The monoisotopic (exact) mass is 267 g/mol. The number of aryl methyl sites for hydroxylation is 1. The van der Waals surface area contributed by atoms with Crippen molar-refractivity contribution in [1.29, 1.82) is 5.26 Å². The second kappa shape index (κ2) is 5.22. The zero-order chi connectivity index (χ0) is 14.9. The molecule has 102 valence electrons. The van der Waals surface area contributed by atoms with Gasteiger partial charge in [-0.2, -0.15) is 5.26 Å². The summed E-state index contributed by atoms with van der Waals surface area (Å²) < 4.78 is 2.07. The maximum atomic E-state index is 12.0. The van der Waals surface area contributed by atoms with Crippen LogP contribution >= 0.6 is 0 Å². The van der Waals surface area contributed by atoms with Gasteiger partial charge >= 0.3 is 0 Å². The molecule has 0 aliphatic heterocycles. The Morgan fingerprint density at radius 2 is 2.00 bits per heavy atom. The summed E-state index contributed by atoms with van der Waals surface area (Å²) in [4.78, 5) is 13.4. The molecule has 0 spiro atoms. The molecule has 0 radical (unpaired) electrons. The molecule has 2 aromatic rings. The van der Waals surface area contributed by atoms with Crippen molar-refractivity contribution in [3.8, 4) is 6.07 Å². The molecule has 1 heterocycles. The van der Waals surface area contributed by atoms with E-state index in [9.17, 15) is 10.1 Å². The Morgan fingerprint density at radius 1 is 1.35 bits per heavy atom. The molecule has 1 aromatic heterocycles. The summed E-state index contributed by atoms with van der Waals surface area (Å²) in [6, 6.07) is 9.96. The predicted octanol–water partition coefficient (Wildman–Crippen LogP) is 2.48. The van der Waals surface area contributed by atoms with Gasteiger partial charge < -0.3 is 9.47 Å². The average molecular weight is 267 g/mol. The van der Waals surface area contributed by atoms with Crippen molar-refractivity contribution in [3.63, 3.8) is 0 Å². The maximum Gasteiger partial charge on any atom is 0.264 e. The quantitative estimate of drug-likeness (QED) is 0.620. The molecule has 0 aliphatic rings. The van der Waals surface area contributed by atoms with E-state index in [-0.39, 0.29) is 11.5 Å². The van der Waals surface area contributed by atoms with Gasteiger partial charge in [-0.05, 0) is 19.1 Å². The van der Waals surface area contributed by atoms with Gasteiger partial charge in [0, 0.05) is 43.3 Å². The van der Waals surface area contributed by atoms with Gasteiger partial charge in [0.15, 0.2) is 0 Å². The molecule has 0 unspecified atom stereocenters. The standard InChI is InChI=1S/C16H17N3O/c1-11-14(9-12(10-17)16(20)18(2)3)13-7-5-6-8-15(13)19(11)4/h5-9H,1-4H3/b12-9+. The van der Waals surface area contributed by atoms with Crippen LogP contribution in [0.5, 0.6) is 0 Å². The minimum atomic E-state index is -0.278. The smallest absolute Gasteiger partial charge is 0.264 e. The number of benzene rings is 1. The first-order chi connectivity index (χ1) is 9.47. The van der Waals surface area contributed by atoms with Crippen LogP contribution in [0.3, 0.4) is 0 Å². The zero-order valence-electron chi connectivity index (χ0n) is 12.1.